The molecule has 0 radical (unpaired) electrons. The summed E-state index contributed by atoms with van der Waals surface area (Å²) in [6, 6.07) is 16.2. The van der Waals surface area contributed by atoms with Gasteiger partial charge in [-0.3, -0.25) is 4.79 Å². The van der Waals surface area contributed by atoms with E-state index in [0.717, 1.165) is 11.1 Å². The van der Waals surface area contributed by atoms with E-state index in [2.05, 4.69) is 22.5 Å². The Morgan fingerprint density at radius 3 is 2.08 bits per heavy atom. The summed E-state index contributed by atoms with van der Waals surface area (Å²) in [5, 5.41) is 7.91. The van der Waals surface area contributed by atoms with Crippen molar-refractivity contribution < 1.29 is 33.4 Å². The number of ether oxygens (including phenoxy) is 3. The number of carbonyl (C=O) groups is 4. The molecule has 2 aromatic rings. The Balaban J connectivity index is 2.07. The SMILES string of the molecule is C=CCOC(=O)C(Cc1ccccc1)NC(=O)C(CCCNC(=O)OC(C)(C)C)NC(=O)OCc1ccccc1. The number of benzene rings is 2. The van der Waals surface area contributed by atoms with Gasteiger partial charge in [-0.1, -0.05) is 73.3 Å². The third-order valence-electron chi connectivity index (χ3n) is 5.39. The van der Waals surface area contributed by atoms with Crippen LogP contribution in [0.5, 0.6) is 0 Å². The lowest BCUT2D eigenvalue weighted by molar-refractivity contribution is -0.146. The summed E-state index contributed by atoms with van der Waals surface area (Å²) in [7, 11) is 0. The summed E-state index contributed by atoms with van der Waals surface area (Å²) in [6.07, 6.45) is 0.731. The van der Waals surface area contributed by atoms with Crippen molar-refractivity contribution in [1.29, 1.82) is 0 Å². The molecule has 0 aliphatic heterocycles. The maximum atomic E-state index is 13.3. The predicted octanol–water partition coefficient (Wildman–Crippen LogP) is 4.04. The molecule has 10 nitrogen and oxygen atoms in total. The third-order valence-corrected chi connectivity index (χ3v) is 5.39. The molecule has 10 heteroatoms. The van der Waals surface area contributed by atoms with Gasteiger partial charge in [0.2, 0.25) is 5.91 Å². The van der Waals surface area contributed by atoms with Crippen LogP contribution in [0, 0.1) is 0 Å². The van der Waals surface area contributed by atoms with Crippen molar-refractivity contribution in [2.45, 2.75) is 64.3 Å². The average molecular weight is 554 g/mol. The molecule has 0 heterocycles. The summed E-state index contributed by atoms with van der Waals surface area (Å²) in [4.78, 5) is 50.6. The van der Waals surface area contributed by atoms with Crippen molar-refractivity contribution in [3.63, 3.8) is 0 Å². The monoisotopic (exact) mass is 553 g/mol. The molecule has 2 rings (SSSR count). The molecule has 0 saturated carbocycles. The Kier molecular flexibility index (Phi) is 13.2. The fourth-order valence-electron chi connectivity index (χ4n) is 3.54. The molecule has 0 aliphatic rings. The standard InChI is InChI=1S/C30H39N3O7/c1-5-19-38-27(35)25(20-22-13-8-6-9-14-22)32-26(34)24(17-12-18-31-28(36)40-30(2,3)4)33-29(37)39-21-23-15-10-7-11-16-23/h5-11,13-16,24-25H,1,12,17-21H2,2-4H3,(H,31,36)(H,32,34)(H,33,37). The van der Waals surface area contributed by atoms with Gasteiger partial charge in [0.15, 0.2) is 0 Å². The van der Waals surface area contributed by atoms with Crippen LogP contribution in [0.2, 0.25) is 0 Å². The smallest absolute Gasteiger partial charge is 0.408 e. The van der Waals surface area contributed by atoms with Crippen molar-refractivity contribution in [2.24, 2.45) is 0 Å². The minimum atomic E-state index is -1.05. The zero-order valence-corrected chi connectivity index (χ0v) is 23.3. The van der Waals surface area contributed by atoms with Gasteiger partial charge in [-0.25, -0.2) is 14.4 Å². The predicted molar refractivity (Wildman–Crippen MR) is 150 cm³/mol. The first-order valence-corrected chi connectivity index (χ1v) is 13.1. The summed E-state index contributed by atoms with van der Waals surface area (Å²) < 4.78 is 15.7. The van der Waals surface area contributed by atoms with Gasteiger partial charge in [0, 0.05) is 13.0 Å². The first kappa shape index (κ1) is 31.9. The molecule has 0 aromatic heterocycles. The molecule has 0 fully saturated rings. The van der Waals surface area contributed by atoms with Crippen molar-refractivity contribution in [1.82, 2.24) is 16.0 Å². The van der Waals surface area contributed by atoms with Crippen molar-refractivity contribution in [2.75, 3.05) is 13.2 Å². The van der Waals surface area contributed by atoms with Crippen LogP contribution in [-0.2, 0) is 36.8 Å². The minimum absolute atomic E-state index is 0.0101. The summed E-state index contributed by atoms with van der Waals surface area (Å²) >= 11 is 0. The minimum Gasteiger partial charge on any atom is -0.460 e. The van der Waals surface area contributed by atoms with Gasteiger partial charge in [0.05, 0.1) is 0 Å². The van der Waals surface area contributed by atoms with E-state index in [1.807, 2.05) is 60.7 Å². The van der Waals surface area contributed by atoms with Crippen LogP contribution in [0.1, 0.15) is 44.7 Å². The third kappa shape index (κ3) is 12.9. The number of nitrogens with one attached hydrogen (secondary N) is 3. The van der Waals surface area contributed by atoms with E-state index >= 15 is 0 Å². The Bertz CT molecular complexity index is 1100. The van der Waals surface area contributed by atoms with E-state index in [4.69, 9.17) is 14.2 Å². The zero-order chi connectivity index (χ0) is 29.4. The number of carbonyl (C=O) groups excluding carboxylic acids is 4. The van der Waals surface area contributed by atoms with Gasteiger partial charge in [0.25, 0.3) is 0 Å². The van der Waals surface area contributed by atoms with Crippen LogP contribution >= 0.6 is 0 Å². The highest BCUT2D eigenvalue weighted by Crippen LogP contribution is 2.09. The second kappa shape index (κ2) is 16.6. The fourth-order valence-corrected chi connectivity index (χ4v) is 3.54. The number of rotatable bonds is 14. The van der Waals surface area contributed by atoms with Crippen molar-refractivity contribution >= 4 is 24.1 Å². The molecular formula is C30H39N3O7. The summed E-state index contributed by atoms with van der Waals surface area (Å²) in [6.45, 7) is 9.02. The van der Waals surface area contributed by atoms with Crippen LogP contribution in [0.25, 0.3) is 0 Å². The molecule has 2 unspecified atom stereocenters. The number of hydrogen-bond acceptors (Lipinski definition) is 7. The second-order valence-electron chi connectivity index (χ2n) is 10.00. The Labute approximate surface area is 235 Å². The van der Waals surface area contributed by atoms with E-state index in [0.29, 0.717) is 6.42 Å². The molecule has 216 valence electrons. The Morgan fingerprint density at radius 1 is 0.850 bits per heavy atom. The largest absolute Gasteiger partial charge is 0.460 e. The highest BCUT2D eigenvalue weighted by molar-refractivity contribution is 5.89. The van der Waals surface area contributed by atoms with Gasteiger partial charge in [-0.05, 0) is 44.7 Å². The number of esters is 1. The lowest BCUT2D eigenvalue weighted by Crippen LogP contribution is -2.52. The first-order chi connectivity index (χ1) is 19.1. The molecular weight excluding hydrogens is 514 g/mol. The molecule has 3 N–H and O–H groups in total. The number of amides is 3. The van der Waals surface area contributed by atoms with Crippen LogP contribution in [0.3, 0.4) is 0 Å². The van der Waals surface area contributed by atoms with Crippen molar-refractivity contribution in [3.05, 3.63) is 84.4 Å². The molecule has 0 bridgehead atoms. The van der Waals surface area contributed by atoms with Crippen LogP contribution < -0.4 is 16.0 Å². The normalized spacial score (nSPS) is 12.3. The molecule has 0 aliphatic carbocycles. The van der Waals surface area contributed by atoms with Crippen LogP contribution in [0.15, 0.2) is 73.3 Å². The maximum absolute atomic E-state index is 13.3. The maximum Gasteiger partial charge on any atom is 0.408 e. The van der Waals surface area contributed by atoms with Gasteiger partial charge in [-0.15, -0.1) is 0 Å². The number of alkyl carbamates (subject to hydrolysis) is 2. The average Bonchev–Trinajstić information content (AvgIpc) is 2.92. The molecule has 2 atom stereocenters. The van der Waals surface area contributed by atoms with E-state index in [9.17, 15) is 19.2 Å². The van der Waals surface area contributed by atoms with E-state index in [1.165, 1.54) is 6.08 Å². The molecule has 2 aromatic carbocycles. The van der Waals surface area contributed by atoms with Gasteiger partial charge in [-0.2, -0.15) is 0 Å². The van der Waals surface area contributed by atoms with Crippen molar-refractivity contribution in [3.8, 4) is 0 Å². The lowest BCUT2D eigenvalue weighted by Gasteiger charge is -2.23. The highest BCUT2D eigenvalue weighted by atomic mass is 16.6. The highest BCUT2D eigenvalue weighted by Gasteiger charge is 2.28. The zero-order valence-electron chi connectivity index (χ0n) is 23.3. The topological polar surface area (TPSA) is 132 Å². The summed E-state index contributed by atoms with van der Waals surface area (Å²) in [5.74, 6) is -1.22. The molecule has 0 spiro atoms. The van der Waals surface area contributed by atoms with E-state index in [-0.39, 0.29) is 32.6 Å². The molecule has 0 saturated heterocycles. The molecule has 40 heavy (non-hydrogen) atoms. The quantitative estimate of drug-likeness (QED) is 0.139. The Hall–Kier alpha value is -4.34. The summed E-state index contributed by atoms with van der Waals surface area (Å²) in [5.41, 5.74) is 0.953. The van der Waals surface area contributed by atoms with E-state index < -0.39 is 41.7 Å². The van der Waals surface area contributed by atoms with Gasteiger partial charge in [0.1, 0.15) is 30.9 Å². The second-order valence-corrected chi connectivity index (χ2v) is 10.00. The first-order valence-electron chi connectivity index (χ1n) is 13.1. The Morgan fingerprint density at radius 2 is 1.48 bits per heavy atom. The molecule has 3 amide bonds. The van der Waals surface area contributed by atoms with Gasteiger partial charge < -0.3 is 30.2 Å². The van der Waals surface area contributed by atoms with Crippen LogP contribution in [-0.4, -0.2) is 54.9 Å². The number of hydrogen-bond donors (Lipinski definition) is 3. The van der Waals surface area contributed by atoms with E-state index in [1.54, 1.807) is 20.8 Å². The fraction of sp³-hybridized carbons (Fsp3) is 0.400. The lowest BCUT2D eigenvalue weighted by atomic mass is 10.0. The van der Waals surface area contributed by atoms with Crippen LogP contribution in [0.4, 0.5) is 9.59 Å². The van der Waals surface area contributed by atoms with Gasteiger partial charge >= 0.3 is 18.2 Å².